The van der Waals surface area contributed by atoms with Crippen LogP contribution in [0.4, 0.5) is 15.1 Å². The van der Waals surface area contributed by atoms with E-state index < -0.39 is 28.2 Å². The fourth-order valence-electron chi connectivity index (χ4n) is 1.51. The molecule has 2 aromatic rings. The van der Waals surface area contributed by atoms with Crippen LogP contribution in [0.3, 0.4) is 0 Å². The normalized spacial score (nSPS) is 10.1. The van der Waals surface area contributed by atoms with E-state index in [4.69, 9.17) is 5.11 Å². The van der Waals surface area contributed by atoms with Gasteiger partial charge in [-0.1, -0.05) is 11.3 Å². The summed E-state index contributed by atoms with van der Waals surface area (Å²) in [5.41, 5.74) is -0.460. The summed E-state index contributed by atoms with van der Waals surface area (Å²) in [5, 5.41) is 21.3. The third kappa shape index (κ3) is 3.20. The van der Waals surface area contributed by atoms with Crippen LogP contribution in [0.15, 0.2) is 30.3 Å². The van der Waals surface area contributed by atoms with Crippen LogP contribution in [0.5, 0.6) is 0 Å². The molecule has 0 aliphatic heterocycles. The number of carboxylic acid groups (broad SMARTS) is 1. The van der Waals surface area contributed by atoms with Gasteiger partial charge in [0, 0.05) is 11.8 Å². The molecule has 21 heavy (non-hydrogen) atoms. The van der Waals surface area contributed by atoms with E-state index in [0.717, 1.165) is 12.1 Å². The van der Waals surface area contributed by atoms with Crippen LogP contribution in [-0.4, -0.2) is 21.9 Å². The first-order valence-electron chi connectivity index (χ1n) is 5.47. The summed E-state index contributed by atoms with van der Waals surface area (Å²) >= 11 is 0.682. The number of anilines is 1. The Morgan fingerprint density at radius 1 is 1.29 bits per heavy atom. The SMILES string of the molecule is O=C(Nc1ccc(C(=O)O)c(F)c1)c1ccc([N+](=O)[O-])s1. The van der Waals surface area contributed by atoms with Gasteiger partial charge in [-0.15, -0.1) is 0 Å². The second kappa shape index (κ2) is 5.67. The molecule has 0 aliphatic rings. The number of carbonyl (C=O) groups excluding carboxylic acids is 1. The molecule has 7 nitrogen and oxygen atoms in total. The lowest BCUT2D eigenvalue weighted by molar-refractivity contribution is -0.380. The van der Waals surface area contributed by atoms with Gasteiger partial charge in [0.25, 0.3) is 5.91 Å². The molecule has 1 aromatic carbocycles. The highest BCUT2D eigenvalue weighted by Gasteiger charge is 2.16. The lowest BCUT2D eigenvalue weighted by atomic mass is 10.2. The van der Waals surface area contributed by atoms with Crippen molar-refractivity contribution in [1.29, 1.82) is 0 Å². The Balaban J connectivity index is 2.17. The molecule has 0 atom stereocenters. The summed E-state index contributed by atoms with van der Waals surface area (Å²) in [4.78, 5) is 32.5. The van der Waals surface area contributed by atoms with Crippen molar-refractivity contribution in [3.8, 4) is 0 Å². The lowest BCUT2D eigenvalue weighted by Gasteiger charge is -2.04. The summed E-state index contributed by atoms with van der Waals surface area (Å²) in [6, 6.07) is 5.58. The van der Waals surface area contributed by atoms with Gasteiger partial charge >= 0.3 is 11.0 Å². The Kier molecular flexibility index (Phi) is 3.94. The zero-order valence-electron chi connectivity index (χ0n) is 10.2. The zero-order chi connectivity index (χ0) is 15.6. The largest absolute Gasteiger partial charge is 0.478 e. The van der Waals surface area contributed by atoms with Gasteiger partial charge < -0.3 is 10.4 Å². The topological polar surface area (TPSA) is 110 Å². The second-order valence-corrected chi connectivity index (χ2v) is 4.91. The number of halogens is 1. The number of aromatic carboxylic acids is 1. The van der Waals surface area contributed by atoms with E-state index in [-0.39, 0.29) is 15.6 Å². The quantitative estimate of drug-likeness (QED) is 0.666. The summed E-state index contributed by atoms with van der Waals surface area (Å²) in [6.45, 7) is 0. The number of thiophene rings is 1. The zero-order valence-corrected chi connectivity index (χ0v) is 11.0. The van der Waals surface area contributed by atoms with Crippen molar-refractivity contribution in [3.63, 3.8) is 0 Å². The Hall–Kier alpha value is -2.81. The molecule has 0 saturated carbocycles. The van der Waals surface area contributed by atoms with Gasteiger partial charge in [0.05, 0.1) is 15.4 Å². The van der Waals surface area contributed by atoms with Crippen LogP contribution in [0.25, 0.3) is 0 Å². The predicted molar refractivity (Wildman–Crippen MR) is 72.3 cm³/mol. The number of benzene rings is 1. The van der Waals surface area contributed by atoms with Crippen LogP contribution in [0, 0.1) is 15.9 Å². The number of carbonyl (C=O) groups is 2. The fourth-order valence-corrected chi connectivity index (χ4v) is 2.22. The van der Waals surface area contributed by atoms with Gasteiger partial charge in [-0.05, 0) is 24.3 Å². The van der Waals surface area contributed by atoms with Crippen molar-refractivity contribution in [2.45, 2.75) is 0 Å². The van der Waals surface area contributed by atoms with E-state index in [1.807, 2.05) is 0 Å². The minimum Gasteiger partial charge on any atom is -0.478 e. The Bertz CT molecular complexity index is 743. The fraction of sp³-hybridized carbons (Fsp3) is 0. The van der Waals surface area contributed by atoms with E-state index in [0.29, 0.717) is 11.3 Å². The molecule has 0 saturated heterocycles. The third-order valence-electron chi connectivity index (χ3n) is 2.45. The van der Waals surface area contributed by atoms with E-state index in [9.17, 15) is 24.1 Å². The first-order valence-corrected chi connectivity index (χ1v) is 6.28. The molecule has 0 spiro atoms. The molecular formula is C12H7FN2O5S. The van der Waals surface area contributed by atoms with E-state index in [1.165, 1.54) is 18.2 Å². The second-order valence-electron chi connectivity index (χ2n) is 3.85. The van der Waals surface area contributed by atoms with E-state index >= 15 is 0 Å². The molecule has 0 fully saturated rings. The Morgan fingerprint density at radius 3 is 2.52 bits per heavy atom. The highest BCUT2D eigenvalue weighted by Crippen LogP contribution is 2.25. The molecule has 1 amide bonds. The number of nitro groups is 1. The first-order chi connectivity index (χ1) is 9.88. The molecule has 0 unspecified atom stereocenters. The monoisotopic (exact) mass is 310 g/mol. The van der Waals surface area contributed by atoms with Crippen molar-refractivity contribution in [1.82, 2.24) is 0 Å². The van der Waals surface area contributed by atoms with Crippen LogP contribution in [-0.2, 0) is 0 Å². The average molecular weight is 310 g/mol. The summed E-state index contributed by atoms with van der Waals surface area (Å²) < 4.78 is 13.4. The summed E-state index contributed by atoms with van der Waals surface area (Å²) in [5.74, 6) is -3.05. The predicted octanol–water partition coefficient (Wildman–Crippen LogP) is 2.75. The molecular weight excluding hydrogens is 303 g/mol. The number of nitrogens with zero attached hydrogens (tertiary/aromatic N) is 1. The van der Waals surface area contributed by atoms with Gasteiger partial charge in [0.1, 0.15) is 5.82 Å². The van der Waals surface area contributed by atoms with E-state index in [2.05, 4.69) is 5.32 Å². The van der Waals surface area contributed by atoms with Gasteiger partial charge in [-0.25, -0.2) is 9.18 Å². The number of nitrogens with one attached hydrogen (secondary N) is 1. The number of carboxylic acids is 1. The van der Waals surface area contributed by atoms with Crippen LogP contribution in [0.2, 0.25) is 0 Å². The van der Waals surface area contributed by atoms with Gasteiger partial charge in [0.15, 0.2) is 0 Å². The number of hydrogen-bond donors (Lipinski definition) is 2. The first kappa shape index (κ1) is 14.6. The molecule has 2 N–H and O–H groups in total. The molecule has 0 radical (unpaired) electrons. The lowest BCUT2D eigenvalue weighted by Crippen LogP contribution is -2.11. The van der Waals surface area contributed by atoms with Crippen molar-refractivity contribution < 1.29 is 24.0 Å². The highest BCUT2D eigenvalue weighted by atomic mass is 32.1. The third-order valence-corrected chi connectivity index (χ3v) is 3.49. The minimum atomic E-state index is -1.42. The van der Waals surface area contributed by atoms with Crippen LogP contribution in [0.1, 0.15) is 20.0 Å². The Morgan fingerprint density at radius 2 is 2.00 bits per heavy atom. The van der Waals surface area contributed by atoms with Crippen molar-refractivity contribution >= 4 is 33.9 Å². The molecule has 1 heterocycles. The van der Waals surface area contributed by atoms with Gasteiger partial charge in [-0.2, -0.15) is 0 Å². The number of amides is 1. The number of rotatable bonds is 4. The van der Waals surface area contributed by atoms with Crippen molar-refractivity contribution in [2.24, 2.45) is 0 Å². The summed E-state index contributed by atoms with van der Waals surface area (Å²) in [7, 11) is 0. The molecule has 9 heteroatoms. The number of hydrogen-bond acceptors (Lipinski definition) is 5. The van der Waals surface area contributed by atoms with E-state index in [1.54, 1.807) is 0 Å². The summed E-state index contributed by atoms with van der Waals surface area (Å²) in [6.07, 6.45) is 0. The minimum absolute atomic E-state index is 0.0542. The van der Waals surface area contributed by atoms with Crippen molar-refractivity contribution in [2.75, 3.05) is 5.32 Å². The van der Waals surface area contributed by atoms with Gasteiger partial charge in [-0.3, -0.25) is 14.9 Å². The molecule has 0 bridgehead atoms. The maximum atomic E-state index is 13.4. The average Bonchev–Trinajstić information content (AvgIpc) is 2.88. The molecule has 2 rings (SSSR count). The molecule has 108 valence electrons. The smallest absolute Gasteiger partial charge is 0.338 e. The maximum absolute atomic E-state index is 13.4. The van der Waals surface area contributed by atoms with Gasteiger partial charge in [0.2, 0.25) is 0 Å². The molecule has 1 aromatic heterocycles. The standard InChI is InChI=1S/C12H7FN2O5S/c13-8-5-6(1-2-7(8)12(17)18)14-11(16)9-3-4-10(21-9)15(19)20/h1-5H,(H,14,16)(H,17,18). The van der Waals surface area contributed by atoms with Crippen LogP contribution < -0.4 is 5.32 Å². The van der Waals surface area contributed by atoms with Crippen LogP contribution >= 0.6 is 11.3 Å². The maximum Gasteiger partial charge on any atom is 0.338 e. The Labute approximate surface area is 120 Å². The molecule has 0 aliphatic carbocycles. The highest BCUT2D eigenvalue weighted by molar-refractivity contribution is 7.17. The van der Waals surface area contributed by atoms with Crippen molar-refractivity contribution in [3.05, 3.63) is 56.7 Å².